The summed E-state index contributed by atoms with van der Waals surface area (Å²) in [6, 6.07) is 13.4. The lowest BCUT2D eigenvalue weighted by atomic mass is 9.82. The Balaban J connectivity index is 0.00000588. The Hall–Kier alpha value is -2.78. The fourth-order valence-corrected chi connectivity index (χ4v) is 5.03. The summed E-state index contributed by atoms with van der Waals surface area (Å²) in [5, 5.41) is 14.8. The van der Waals surface area contributed by atoms with Crippen LogP contribution in [-0.4, -0.2) is 62.1 Å². The Morgan fingerprint density at radius 3 is 2.51 bits per heavy atom. The number of carbonyl (C=O) groups is 1. The lowest BCUT2D eigenvalue weighted by Crippen LogP contribution is -2.48. The van der Waals surface area contributed by atoms with Gasteiger partial charge in [-0.3, -0.25) is 4.79 Å². The Bertz CT molecular complexity index is 1230. The number of rotatable bonds is 16. The predicted molar refractivity (Wildman–Crippen MR) is 167 cm³/mol. The third-order valence-corrected chi connectivity index (χ3v) is 7.79. The molecule has 2 aromatic carbocycles. The molecule has 0 aliphatic rings. The van der Waals surface area contributed by atoms with Gasteiger partial charge in [0.25, 0.3) is 0 Å². The van der Waals surface area contributed by atoms with Gasteiger partial charge in [-0.1, -0.05) is 38.1 Å². The number of nitrogens with two attached hydrogens (primary N) is 1. The van der Waals surface area contributed by atoms with E-state index in [2.05, 4.69) is 24.1 Å². The number of aromatic amines is 1. The molecule has 9 heteroatoms. The fraction of sp³-hybridized carbons (Fsp3) is 0.531. The van der Waals surface area contributed by atoms with Crippen molar-refractivity contribution in [2.45, 2.75) is 64.5 Å². The molecule has 0 fully saturated rings. The van der Waals surface area contributed by atoms with Gasteiger partial charge in [0.2, 0.25) is 5.91 Å². The average molecular weight is 590 g/mol. The molecule has 1 aromatic heterocycles. The van der Waals surface area contributed by atoms with E-state index in [0.717, 1.165) is 34.9 Å². The maximum Gasteiger partial charge on any atom is 0.230 e. The van der Waals surface area contributed by atoms with Crippen LogP contribution in [0.25, 0.3) is 10.9 Å². The molecule has 0 radical (unpaired) electrons. The summed E-state index contributed by atoms with van der Waals surface area (Å²) in [6.45, 7) is 9.40. The molecule has 3 atom stereocenters. The van der Waals surface area contributed by atoms with Crippen LogP contribution in [0.2, 0.25) is 0 Å². The van der Waals surface area contributed by atoms with Crippen LogP contribution in [0.5, 0.6) is 11.5 Å². The zero-order valence-electron chi connectivity index (χ0n) is 25.2. The topological polar surface area (TPSA) is 119 Å². The van der Waals surface area contributed by atoms with Gasteiger partial charge in [-0.2, -0.15) is 0 Å². The third-order valence-electron chi connectivity index (χ3n) is 7.79. The highest BCUT2D eigenvalue weighted by atomic mass is 35.5. The SMILES string of the molecule is COCCCOc1cc(CC(CC(N)C(O)CNC(=O)C(C)(C)c2c[nH]c3ccccc23)C(C)C)ccc1OC.Cl. The van der Waals surface area contributed by atoms with Gasteiger partial charge in [0.05, 0.1) is 25.2 Å². The summed E-state index contributed by atoms with van der Waals surface area (Å²) in [4.78, 5) is 16.4. The number of H-pyrrole nitrogens is 1. The maximum absolute atomic E-state index is 13.2. The second-order valence-corrected chi connectivity index (χ2v) is 11.4. The number of ether oxygens (including phenoxy) is 3. The molecule has 8 nitrogen and oxygen atoms in total. The van der Waals surface area contributed by atoms with Crippen LogP contribution < -0.4 is 20.5 Å². The number of aliphatic hydroxyl groups excluding tert-OH is 1. The van der Waals surface area contributed by atoms with Crippen molar-refractivity contribution < 1.29 is 24.1 Å². The fourth-order valence-electron chi connectivity index (χ4n) is 5.03. The first-order valence-corrected chi connectivity index (χ1v) is 14.2. The minimum Gasteiger partial charge on any atom is -0.493 e. The van der Waals surface area contributed by atoms with Gasteiger partial charge >= 0.3 is 0 Å². The van der Waals surface area contributed by atoms with Crippen molar-refractivity contribution in [3.63, 3.8) is 0 Å². The first kappa shape index (κ1) is 34.4. The predicted octanol–water partition coefficient (Wildman–Crippen LogP) is 5.00. The number of aliphatic hydroxyl groups is 1. The van der Waals surface area contributed by atoms with Crippen LogP contribution in [-0.2, 0) is 21.4 Å². The van der Waals surface area contributed by atoms with Crippen LogP contribution in [0, 0.1) is 11.8 Å². The number of fused-ring (bicyclic) bond motifs is 1. The van der Waals surface area contributed by atoms with Crippen LogP contribution in [0.15, 0.2) is 48.7 Å². The van der Waals surface area contributed by atoms with Crippen molar-refractivity contribution in [3.8, 4) is 11.5 Å². The number of para-hydroxylation sites is 1. The molecule has 3 aromatic rings. The van der Waals surface area contributed by atoms with Crippen molar-refractivity contribution in [2.24, 2.45) is 17.6 Å². The second kappa shape index (κ2) is 16.0. The third kappa shape index (κ3) is 9.10. The maximum atomic E-state index is 13.2. The van der Waals surface area contributed by atoms with Crippen LogP contribution in [0.4, 0.5) is 0 Å². The highest BCUT2D eigenvalue weighted by Gasteiger charge is 2.33. The zero-order chi connectivity index (χ0) is 29.3. The number of benzene rings is 2. The first-order valence-electron chi connectivity index (χ1n) is 14.2. The summed E-state index contributed by atoms with van der Waals surface area (Å²) in [6.07, 6.45) is 3.22. The number of hydrogen-bond donors (Lipinski definition) is 4. The number of methoxy groups -OCH3 is 2. The van der Waals surface area contributed by atoms with E-state index in [4.69, 9.17) is 19.9 Å². The number of carbonyl (C=O) groups excluding carboxylic acids is 1. The van der Waals surface area contributed by atoms with E-state index in [1.165, 1.54) is 0 Å². The van der Waals surface area contributed by atoms with Crippen LogP contribution >= 0.6 is 12.4 Å². The number of hydrogen-bond acceptors (Lipinski definition) is 6. The molecule has 3 rings (SSSR count). The number of nitrogens with one attached hydrogen (secondary N) is 2. The molecular weight excluding hydrogens is 542 g/mol. The molecule has 1 amide bonds. The standard InChI is InChI=1S/C32H47N3O5.ClH/c1-21(2)23(16-22-12-13-29(39-6)30(17-22)40-15-9-14-38-5)18-26(33)28(36)20-35-31(37)32(3,4)25-19-34-27-11-8-7-10-24(25)27;/h7-8,10-13,17,19,21,23,26,28,34,36H,9,14-16,18,20,33H2,1-6H3,(H,35,37);1H. The highest BCUT2D eigenvalue weighted by molar-refractivity contribution is 5.94. The number of amides is 1. The second-order valence-electron chi connectivity index (χ2n) is 11.4. The summed E-state index contributed by atoms with van der Waals surface area (Å²) >= 11 is 0. The van der Waals surface area contributed by atoms with Crippen molar-refractivity contribution in [3.05, 3.63) is 59.8 Å². The van der Waals surface area contributed by atoms with E-state index >= 15 is 0 Å². The molecule has 5 N–H and O–H groups in total. The largest absolute Gasteiger partial charge is 0.493 e. The first-order chi connectivity index (χ1) is 19.1. The van der Waals surface area contributed by atoms with Crippen molar-refractivity contribution in [1.29, 1.82) is 0 Å². The Morgan fingerprint density at radius 2 is 1.83 bits per heavy atom. The minimum absolute atomic E-state index is 0. The molecule has 1 heterocycles. The molecular formula is C32H48ClN3O5. The highest BCUT2D eigenvalue weighted by Crippen LogP contribution is 2.32. The molecule has 41 heavy (non-hydrogen) atoms. The van der Waals surface area contributed by atoms with Gasteiger partial charge in [-0.15, -0.1) is 12.4 Å². The summed E-state index contributed by atoms with van der Waals surface area (Å²) in [5.41, 5.74) is 8.73. The summed E-state index contributed by atoms with van der Waals surface area (Å²) in [5.74, 6) is 1.84. The molecule has 0 spiro atoms. The molecule has 0 bridgehead atoms. The Morgan fingerprint density at radius 1 is 1.10 bits per heavy atom. The number of halogens is 1. The van der Waals surface area contributed by atoms with Gasteiger partial charge in [0, 0.05) is 49.8 Å². The molecule has 0 aliphatic carbocycles. The van der Waals surface area contributed by atoms with E-state index < -0.39 is 17.6 Å². The molecule has 3 unspecified atom stereocenters. The smallest absolute Gasteiger partial charge is 0.230 e. The van der Waals surface area contributed by atoms with Gasteiger partial charge in [0.15, 0.2) is 11.5 Å². The quantitative estimate of drug-likeness (QED) is 0.175. The molecule has 0 saturated carbocycles. The van der Waals surface area contributed by atoms with E-state index in [-0.39, 0.29) is 30.8 Å². The van der Waals surface area contributed by atoms with Crippen molar-refractivity contribution >= 4 is 29.2 Å². The lowest BCUT2D eigenvalue weighted by molar-refractivity contribution is -0.126. The monoisotopic (exact) mass is 589 g/mol. The minimum atomic E-state index is -0.862. The van der Waals surface area contributed by atoms with Crippen molar-refractivity contribution in [1.82, 2.24) is 10.3 Å². The summed E-state index contributed by atoms with van der Waals surface area (Å²) in [7, 11) is 3.31. The van der Waals surface area contributed by atoms with Gasteiger partial charge in [-0.05, 0) is 67.9 Å². The van der Waals surface area contributed by atoms with Crippen LogP contribution in [0.1, 0.15) is 51.7 Å². The van der Waals surface area contributed by atoms with Gasteiger partial charge in [0.1, 0.15) is 0 Å². The van der Waals surface area contributed by atoms with E-state index in [9.17, 15) is 9.90 Å². The molecule has 0 aliphatic heterocycles. The van der Waals surface area contributed by atoms with Crippen molar-refractivity contribution in [2.75, 3.05) is 34.0 Å². The van der Waals surface area contributed by atoms with E-state index in [0.29, 0.717) is 37.1 Å². The Kier molecular flexibility index (Phi) is 13.4. The lowest BCUT2D eigenvalue weighted by Gasteiger charge is -2.29. The molecule has 0 saturated heterocycles. The van der Waals surface area contributed by atoms with E-state index in [1.807, 2.05) is 62.5 Å². The number of aromatic nitrogens is 1. The van der Waals surface area contributed by atoms with Crippen LogP contribution in [0.3, 0.4) is 0 Å². The van der Waals surface area contributed by atoms with E-state index in [1.54, 1.807) is 14.2 Å². The normalized spacial score (nSPS) is 13.9. The Labute approximate surface area is 250 Å². The average Bonchev–Trinajstić information content (AvgIpc) is 3.38. The van der Waals surface area contributed by atoms with Gasteiger partial charge in [-0.25, -0.2) is 0 Å². The van der Waals surface area contributed by atoms with Gasteiger partial charge < -0.3 is 35.4 Å². The molecule has 228 valence electrons. The summed E-state index contributed by atoms with van der Waals surface area (Å²) < 4.78 is 16.5. The zero-order valence-corrected chi connectivity index (χ0v) is 26.1.